The van der Waals surface area contributed by atoms with Crippen LogP contribution in [0.3, 0.4) is 0 Å². The standard InChI is InChI=1S/C20H21NO2S/c1-4-21(15-9-8-13(2)14(3)12-15)20(23)17-7-5-6-16-18(22)10-11-24-19(16)17/h5-9,12H,4,10-11H2,1-3H3. The maximum atomic E-state index is 13.2. The summed E-state index contributed by atoms with van der Waals surface area (Å²) in [5.74, 6) is 0.832. The van der Waals surface area contributed by atoms with Crippen molar-refractivity contribution in [3.8, 4) is 0 Å². The largest absolute Gasteiger partial charge is 0.309 e. The molecule has 0 bridgehead atoms. The summed E-state index contributed by atoms with van der Waals surface area (Å²) in [5, 5.41) is 0. The number of carbonyl (C=O) groups excluding carboxylic acids is 2. The van der Waals surface area contributed by atoms with Crippen molar-refractivity contribution in [2.75, 3.05) is 17.2 Å². The summed E-state index contributed by atoms with van der Waals surface area (Å²) in [6.07, 6.45) is 0.546. The molecule has 1 aliphatic rings. The zero-order valence-electron chi connectivity index (χ0n) is 14.3. The lowest BCUT2D eigenvalue weighted by Crippen LogP contribution is -2.31. The van der Waals surface area contributed by atoms with E-state index in [0.717, 1.165) is 16.3 Å². The van der Waals surface area contributed by atoms with Crippen molar-refractivity contribution >= 4 is 29.1 Å². The van der Waals surface area contributed by atoms with Gasteiger partial charge in [-0.15, -0.1) is 11.8 Å². The molecule has 0 spiro atoms. The molecule has 4 heteroatoms. The Morgan fingerprint density at radius 1 is 1.17 bits per heavy atom. The van der Waals surface area contributed by atoms with E-state index in [1.165, 1.54) is 11.1 Å². The van der Waals surface area contributed by atoms with E-state index in [1.807, 2.05) is 43.3 Å². The molecule has 124 valence electrons. The van der Waals surface area contributed by atoms with Crippen LogP contribution >= 0.6 is 11.8 Å². The van der Waals surface area contributed by atoms with E-state index in [9.17, 15) is 9.59 Å². The molecule has 0 atom stereocenters. The van der Waals surface area contributed by atoms with Gasteiger partial charge in [-0.25, -0.2) is 0 Å². The fraction of sp³-hybridized carbons (Fsp3) is 0.300. The number of thioether (sulfide) groups is 1. The minimum atomic E-state index is -0.0418. The van der Waals surface area contributed by atoms with Gasteiger partial charge in [-0.2, -0.15) is 0 Å². The number of nitrogens with zero attached hydrogens (tertiary/aromatic N) is 1. The summed E-state index contributed by atoms with van der Waals surface area (Å²) >= 11 is 1.61. The quantitative estimate of drug-likeness (QED) is 0.817. The number of benzene rings is 2. The number of hydrogen-bond donors (Lipinski definition) is 0. The van der Waals surface area contributed by atoms with Gasteiger partial charge in [0.1, 0.15) is 0 Å². The second kappa shape index (κ2) is 6.81. The highest BCUT2D eigenvalue weighted by Crippen LogP contribution is 2.34. The van der Waals surface area contributed by atoms with E-state index in [-0.39, 0.29) is 11.7 Å². The third-order valence-electron chi connectivity index (χ3n) is 4.48. The molecule has 2 aromatic carbocycles. The topological polar surface area (TPSA) is 37.4 Å². The SMILES string of the molecule is CCN(C(=O)c1cccc2c1SCCC2=O)c1ccc(C)c(C)c1. The molecule has 0 aliphatic carbocycles. The molecule has 0 fully saturated rings. The third kappa shape index (κ3) is 2.98. The lowest BCUT2D eigenvalue weighted by atomic mass is 10.0. The second-order valence-electron chi connectivity index (χ2n) is 6.02. The Morgan fingerprint density at radius 3 is 2.67 bits per heavy atom. The van der Waals surface area contributed by atoms with Crippen molar-refractivity contribution in [3.05, 3.63) is 58.7 Å². The number of Topliss-reactive ketones (excluding diaryl/α,β-unsaturated/α-hetero) is 1. The zero-order valence-corrected chi connectivity index (χ0v) is 15.1. The number of fused-ring (bicyclic) bond motifs is 1. The van der Waals surface area contributed by atoms with Gasteiger partial charge in [0.25, 0.3) is 5.91 Å². The fourth-order valence-corrected chi connectivity index (χ4v) is 4.08. The molecular weight excluding hydrogens is 318 g/mol. The summed E-state index contributed by atoms with van der Waals surface area (Å²) < 4.78 is 0. The molecule has 0 saturated heterocycles. The molecular formula is C20H21NO2S. The van der Waals surface area contributed by atoms with Crippen molar-refractivity contribution in [2.45, 2.75) is 32.1 Å². The van der Waals surface area contributed by atoms with E-state index < -0.39 is 0 Å². The van der Waals surface area contributed by atoms with Crippen LogP contribution in [0.5, 0.6) is 0 Å². The van der Waals surface area contributed by atoms with Crippen LogP contribution in [-0.2, 0) is 0 Å². The Balaban J connectivity index is 2.02. The van der Waals surface area contributed by atoms with Gasteiger partial charge in [-0.05, 0) is 50.1 Å². The molecule has 0 saturated carbocycles. The van der Waals surface area contributed by atoms with Gasteiger partial charge in [-0.3, -0.25) is 9.59 Å². The summed E-state index contributed by atoms with van der Waals surface area (Å²) in [7, 11) is 0. The fourth-order valence-electron chi connectivity index (χ4n) is 2.94. The van der Waals surface area contributed by atoms with Crippen LogP contribution in [0.25, 0.3) is 0 Å². The lowest BCUT2D eigenvalue weighted by Gasteiger charge is -2.25. The van der Waals surface area contributed by atoms with Crippen LogP contribution in [0.1, 0.15) is 45.2 Å². The van der Waals surface area contributed by atoms with Crippen molar-refractivity contribution in [2.24, 2.45) is 0 Å². The van der Waals surface area contributed by atoms with Gasteiger partial charge in [-0.1, -0.05) is 18.2 Å². The van der Waals surface area contributed by atoms with E-state index in [4.69, 9.17) is 0 Å². The number of rotatable bonds is 3. The van der Waals surface area contributed by atoms with Gasteiger partial charge >= 0.3 is 0 Å². The molecule has 1 aliphatic heterocycles. The van der Waals surface area contributed by atoms with Gasteiger partial charge < -0.3 is 4.90 Å². The van der Waals surface area contributed by atoms with Crippen molar-refractivity contribution in [3.63, 3.8) is 0 Å². The molecule has 2 aromatic rings. The Kier molecular flexibility index (Phi) is 4.76. The molecule has 0 aromatic heterocycles. The van der Waals surface area contributed by atoms with Gasteiger partial charge in [0.2, 0.25) is 0 Å². The Hall–Kier alpha value is -2.07. The number of carbonyl (C=O) groups is 2. The van der Waals surface area contributed by atoms with Crippen LogP contribution in [0, 0.1) is 13.8 Å². The average molecular weight is 339 g/mol. The zero-order chi connectivity index (χ0) is 17.3. The first-order valence-corrected chi connectivity index (χ1v) is 9.19. The molecule has 24 heavy (non-hydrogen) atoms. The van der Waals surface area contributed by atoms with Crippen LogP contribution in [0.2, 0.25) is 0 Å². The molecule has 3 rings (SSSR count). The van der Waals surface area contributed by atoms with Crippen LogP contribution in [-0.4, -0.2) is 24.0 Å². The van der Waals surface area contributed by atoms with E-state index in [2.05, 4.69) is 13.8 Å². The molecule has 0 unspecified atom stereocenters. The van der Waals surface area contributed by atoms with Crippen LogP contribution in [0.4, 0.5) is 5.69 Å². The Bertz CT molecular complexity index is 813. The number of hydrogen-bond acceptors (Lipinski definition) is 3. The summed E-state index contributed by atoms with van der Waals surface area (Å²) in [6.45, 7) is 6.67. The predicted octanol–water partition coefficient (Wildman–Crippen LogP) is 4.65. The lowest BCUT2D eigenvalue weighted by molar-refractivity contribution is 0.0982. The number of amides is 1. The van der Waals surface area contributed by atoms with Gasteiger partial charge in [0.15, 0.2) is 5.78 Å². The van der Waals surface area contributed by atoms with E-state index >= 15 is 0 Å². The monoisotopic (exact) mass is 339 g/mol. The third-order valence-corrected chi connectivity index (χ3v) is 5.62. The molecule has 1 amide bonds. The minimum Gasteiger partial charge on any atom is -0.309 e. The Labute approximate surface area is 147 Å². The molecule has 0 N–H and O–H groups in total. The number of aryl methyl sites for hydroxylation is 2. The highest BCUT2D eigenvalue weighted by atomic mass is 32.2. The van der Waals surface area contributed by atoms with Crippen LogP contribution < -0.4 is 4.90 Å². The van der Waals surface area contributed by atoms with Crippen molar-refractivity contribution in [1.82, 2.24) is 0 Å². The highest BCUT2D eigenvalue weighted by molar-refractivity contribution is 7.99. The number of anilines is 1. The summed E-state index contributed by atoms with van der Waals surface area (Å²) in [4.78, 5) is 27.9. The first-order valence-electron chi connectivity index (χ1n) is 8.21. The molecule has 3 nitrogen and oxygen atoms in total. The first kappa shape index (κ1) is 16.8. The smallest absolute Gasteiger partial charge is 0.259 e. The summed E-state index contributed by atoms with van der Waals surface area (Å²) in [6, 6.07) is 11.5. The van der Waals surface area contributed by atoms with E-state index in [1.54, 1.807) is 16.7 Å². The second-order valence-corrected chi connectivity index (χ2v) is 7.13. The maximum absolute atomic E-state index is 13.2. The molecule has 0 radical (unpaired) electrons. The predicted molar refractivity (Wildman–Crippen MR) is 99.4 cm³/mol. The number of ketones is 1. The van der Waals surface area contributed by atoms with Gasteiger partial charge in [0, 0.05) is 34.9 Å². The molecule has 1 heterocycles. The average Bonchev–Trinajstić information content (AvgIpc) is 2.58. The Morgan fingerprint density at radius 2 is 1.96 bits per heavy atom. The first-order chi connectivity index (χ1) is 11.5. The maximum Gasteiger partial charge on any atom is 0.259 e. The van der Waals surface area contributed by atoms with Gasteiger partial charge in [0.05, 0.1) is 5.56 Å². The normalized spacial score (nSPS) is 13.5. The van der Waals surface area contributed by atoms with Crippen molar-refractivity contribution < 1.29 is 9.59 Å². The minimum absolute atomic E-state index is 0.0418. The summed E-state index contributed by atoms with van der Waals surface area (Å²) in [5.41, 5.74) is 4.59. The highest BCUT2D eigenvalue weighted by Gasteiger charge is 2.26. The van der Waals surface area contributed by atoms with Crippen molar-refractivity contribution in [1.29, 1.82) is 0 Å². The van der Waals surface area contributed by atoms with Crippen LogP contribution in [0.15, 0.2) is 41.3 Å². The van der Waals surface area contributed by atoms with E-state index in [0.29, 0.717) is 24.1 Å².